The summed E-state index contributed by atoms with van der Waals surface area (Å²) in [6.07, 6.45) is 2.07. The van der Waals surface area contributed by atoms with Crippen molar-refractivity contribution in [3.63, 3.8) is 0 Å². The predicted molar refractivity (Wildman–Crippen MR) is 105 cm³/mol. The molecule has 1 aliphatic rings. The lowest BCUT2D eigenvalue weighted by molar-refractivity contribution is -0.144. The summed E-state index contributed by atoms with van der Waals surface area (Å²) in [4.78, 5) is 27.5. The van der Waals surface area contributed by atoms with Gasteiger partial charge in [0.25, 0.3) is 0 Å². The first-order valence-corrected chi connectivity index (χ1v) is 9.39. The maximum absolute atomic E-state index is 12.2. The van der Waals surface area contributed by atoms with Crippen LogP contribution in [0.5, 0.6) is 5.75 Å². The van der Waals surface area contributed by atoms with Gasteiger partial charge in [-0.25, -0.2) is 0 Å². The lowest BCUT2D eigenvalue weighted by Crippen LogP contribution is -2.49. The third-order valence-electron chi connectivity index (χ3n) is 5.27. The highest BCUT2D eigenvalue weighted by Gasteiger charge is 2.33. The Morgan fingerprint density at radius 1 is 1.24 bits per heavy atom. The Balaban J connectivity index is 1.96. The molecule has 1 aromatic carbocycles. The fourth-order valence-corrected chi connectivity index (χ4v) is 3.86. The number of carboxylic acids is 2. The molecule has 2 heterocycles. The molecule has 0 saturated carbocycles. The number of nitriles is 1. The molecule has 1 saturated heterocycles. The Morgan fingerprint density at radius 3 is 2.55 bits per heavy atom. The van der Waals surface area contributed by atoms with Gasteiger partial charge in [0, 0.05) is 61.8 Å². The van der Waals surface area contributed by atoms with Crippen LogP contribution in [0.25, 0.3) is 10.9 Å². The molecule has 1 fully saturated rings. The van der Waals surface area contributed by atoms with Crippen LogP contribution in [0.4, 0.5) is 0 Å². The van der Waals surface area contributed by atoms with Crippen LogP contribution < -0.4 is 4.74 Å². The van der Waals surface area contributed by atoms with Gasteiger partial charge in [0.15, 0.2) is 0 Å². The topological polar surface area (TPSA) is 119 Å². The Hall–Kier alpha value is -3.09. The summed E-state index contributed by atoms with van der Waals surface area (Å²) in [6.45, 7) is 2.90. The van der Waals surface area contributed by atoms with Crippen LogP contribution in [0.1, 0.15) is 18.0 Å². The first kappa shape index (κ1) is 20.6. The molecule has 0 radical (unpaired) electrons. The molecule has 9 heteroatoms. The highest BCUT2D eigenvalue weighted by atomic mass is 16.5. The Morgan fingerprint density at radius 2 is 1.97 bits per heavy atom. The van der Waals surface area contributed by atoms with Crippen molar-refractivity contribution >= 4 is 22.8 Å². The molecule has 1 aromatic heterocycles. The zero-order valence-electron chi connectivity index (χ0n) is 16.2. The lowest BCUT2D eigenvalue weighted by Gasteiger charge is -2.37. The molecule has 0 aliphatic carbocycles. The summed E-state index contributed by atoms with van der Waals surface area (Å²) in [5, 5.41) is 28.7. The van der Waals surface area contributed by atoms with Crippen LogP contribution in [-0.2, 0) is 16.1 Å². The number of carboxylic acid groups (broad SMARTS) is 2. The minimum absolute atomic E-state index is 0.253. The van der Waals surface area contributed by atoms with Crippen molar-refractivity contribution in [2.24, 2.45) is 0 Å². The number of aliphatic carboxylic acids is 2. The molecule has 0 unspecified atom stereocenters. The third kappa shape index (κ3) is 4.50. The zero-order valence-corrected chi connectivity index (χ0v) is 16.2. The molecular weight excluding hydrogens is 376 g/mol. The van der Waals surface area contributed by atoms with Crippen LogP contribution in [0.3, 0.4) is 0 Å². The third-order valence-corrected chi connectivity index (χ3v) is 5.27. The highest BCUT2D eigenvalue weighted by molar-refractivity contribution is 5.91. The highest BCUT2D eigenvalue weighted by Crippen LogP contribution is 2.33. The van der Waals surface area contributed by atoms with Crippen LogP contribution in [0.15, 0.2) is 24.4 Å². The summed E-state index contributed by atoms with van der Waals surface area (Å²) >= 11 is 0. The maximum Gasteiger partial charge on any atom is 0.325 e. The number of ether oxygens (including phenoxy) is 1. The summed E-state index contributed by atoms with van der Waals surface area (Å²) < 4.78 is 6.85. The first-order valence-electron chi connectivity index (χ1n) is 9.39. The molecule has 1 atom stereocenters. The number of piperazine rings is 1. The van der Waals surface area contributed by atoms with Gasteiger partial charge in [-0.15, -0.1) is 0 Å². The Bertz CT molecular complexity index is 940. The number of hydrogen-bond donors (Lipinski definition) is 2. The van der Waals surface area contributed by atoms with Crippen molar-refractivity contribution in [3.8, 4) is 11.8 Å². The fourth-order valence-electron chi connectivity index (χ4n) is 3.86. The Labute approximate surface area is 168 Å². The van der Waals surface area contributed by atoms with E-state index in [9.17, 15) is 19.8 Å². The van der Waals surface area contributed by atoms with Gasteiger partial charge < -0.3 is 19.5 Å². The number of hydrogen-bond acceptors (Lipinski definition) is 6. The summed E-state index contributed by atoms with van der Waals surface area (Å²) in [6, 6.07) is 6.47. The monoisotopic (exact) mass is 400 g/mol. The minimum Gasteiger partial charge on any atom is -0.497 e. The number of carbonyl (C=O) groups is 2. The van der Waals surface area contributed by atoms with Gasteiger partial charge in [-0.2, -0.15) is 5.26 Å². The average molecular weight is 400 g/mol. The van der Waals surface area contributed by atoms with E-state index in [2.05, 4.69) is 11.0 Å². The molecule has 0 amide bonds. The van der Waals surface area contributed by atoms with E-state index in [1.165, 1.54) is 7.11 Å². The standard InChI is InChI=1S/C20H24N4O5/c1-29-14-3-4-17-15(11-14)16(12-24(17)13-18(25)26)19(20(27)28)23-9-7-22(8-10-23)6-2-5-21/h3-4,11-12,19H,2,6-10,13H2,1H3,(H,25,26)(H,27,28)/t19-/m1/s1. The molecular formula is C20H24N4O5. The van der Waals surface area contributed by atoms with Crippen LogP contribution in [0.2, 0.25) is 0 Å². The van der Waals surface area contributed by atoms with E-state index in [0.717, 1.165) is 0 Å². The van der Waals surface area contributed by atoms with Crippen molar-refractivity contribution in [2.75, 3.05) is 39.8 Å². The largest absolute Gasteiger partial charge is 0.497 e. The number of fused-ring (bicyclic) bond motifs is 1. The van der Waals surface area contributed by atoms with Crippen molar-refractivity contribution in [1.82, 2.24) is 14.4 Å². The normalized spacial score (nSPS) is 16.4. The maximum atomic E-state index is 12.2. The molecule has 2 N–H and O–H groups in total. The average Bonchev–Trinajstić information content (AvgIpc) is 3.03. The van der Waals surface area contributed by atoms with E-state index in [1.807, 2.05) is 4.90 Å². The molecule has 9 nitrogen and oxygen atoms in total. The minimum atomic E-state index is -0.998. The van der Waals surface area contributed by atoms with Gasteiger partial charge in [-0.1, -0.05) is 0 Å². The van der Waals surface area contributed by atoms with Crippen LogP contribution in [0, 0.1) is 11.3 Å². The van der Waals surface area contributed by atoms with E-state index in [1.54, 1.807) is 29.0 Å². The SMILES string of the molecule is COc1ccc2c(c1)c([C@H](C(=O)O)N1CCN(CCC#N)CC1)cn2CC(=O)O. The van der Waals surface area contributed by atoms with Crippen LogP contribution in [-0.4, -0.2) is 76.4 Å². The first-order chi connectivity index (χ1) is 13.9. The summed E-state index contributed by atoms with van der Waals surface area (Å²) in [7, 11) is 1.53. The predicted octanol–water partition coefficient (Wildman–Crippen LogP) is 1.39. The molecule has 154 valence electrons. The zero-order chi connectivity index (χ0) is 21.0. The van der Waals surface area contributed by atoms with Crippen molar-refractivity contribution in [3.05, 3.63) is 30.0 Å². The van der Waals surface area contributed by atoms with E-state index < -0.39 is 18.0 Å². The van der Waals surface area contributed by atoms with E-state index in [-0.39, 0.29) is 6.54 Å². The second-order valence-corrected chi connectivity index (χ2v) is 7.02. The van der Waals surface area contributed by atoms with Gasteiger partial charge in [-0.3, -0.25) is 19.4 Å². The van der Waals surface area contributed by atoms with Gasteiger partial charge in [-0.05, 0) is 18.2 Å². The van der Waals surface area contributed by atoms with E-state index in [0.29, 0.717) is 61.4 Å². The molecule has 2 aromatic rings. The number of methoxy groups -OCH3 is 1. The fraction of sp³-hybridized carbons (Fsp3) is 0.450. The van der Waals surface area contributed by atoms with Crippen molar-refractivity contribution in [2.45, 2.75) is 19.0 Å². The van der Waals surface area contributed by atoms with E-state index >= 15 is 0 Å². The number of nitrogens with zero attached hydrogens (tertiary/aromatic N) is 4. The number of rotatable bonds is 8. The molecule has 29 heavy (non-hydrogen) atoms. The van der Waals surface area contributed by atoms with E-state index in [4.69, 9.17) is 10.00 Å². The van der Waals surface area contributed by atoms with Gasteiger partial charge >= 0.3 is 11.9 Å². The number of benzene rings is 1. The smallest absolute Gasteiger partial charge is 0.325 e. The van der Waals surface area contributed by atoms with Crippen molar-refractivity contribution in [1.29, 1.82) is 5.26 Å². The quantitative estimate of drug-likeness (QED) is 0.682. The van der Waals surface area contributed by atoms with Gasteiger partial charge in [0.1, 0.15) is 18.3 Å². The molecule has 0 bridgehead atoms. The Kier molecular flexibility index (Phi) is 6.36. The van der Waals surface area contributed by atoms with Gasteiger partial charge in [0.2, 0.25) is 0 Å². The lowest BCUT2D eigenvalue weighted by atomic mass is 10.0. The van der Waals surface area contributed by atoms with Crippen molar-refractivity contribution < 1.29 is 24.5 Å². The summed E-state index contributed by atoms with van der Waals surface area (Å²) in [5.41, 5.74) is 1.21. The second kappa shape index (κ2) is 8.94. The van der Waals surface area contributed by atoms with Gasteiger partial charge in [0.05, 0.1) is 13.2 Å². The number of aromatic nitrogens is 1. The summed E-state index contributed by atoms with van der Waals surface area (Å²) in [5.74, 6) is -1.40. The molecule has 1 aliphatic heterocycles. The van der Waals surface area contributed by atoms with Crippen LogP contribution >= 0.6 is 0 Å². The second-order valence-electron chi connectivity index (χ2n) is 7.02. The molecule has 3 rings (SSSR count). The molecule has 0 spiro atoms.